The van der Waals surface area contributed by atoms with Crippen LogP contribution in [0.1, 0.15) is 27.2 Å². The molecule has 0 heterocycles. The van der Waals surface area contributed by atoms with E-state index in [-0.39, 0.29) is 11.6 Å². The van der Waals surface area contributed by atoms with Crippen molar-refractivity contribution >= 4 is 9.04 Å². The van der Waals surface area contributed by atoms with Crippen LogP contribution >= 0.6 is 0 Å². The van der Waals surface area contributed by atoms with Crippen LogP contribution in [-0.4, -0.2) is 15.3 Å². The van der Waals surface area contributed by atoms with Crippen molar-refractivity contribution < 1.29 is 4.43 Å². The largest absolute Gasteiger partial charge is 0.406 e. The van der Waals surface area contributed by atoms with Gasteiger partial charge < -0.3 is 10.2 Å². The molecular formula is C8H21NOSi. The van der Waals surface area contributed by atoms with E-state index < -0.39 is 9.04 Å². The molecule has 0 spiro atoms. The molecule has 2 N–H and O–H groups in total. The summed E-state index contributed by atoms with van der Waals surface area (Å²) >= 11 is 0. The van der Waals surface area contributed by atoms with E-state index in [1.165, 1.54) is 0 Å². The summed E-state index contributed by atoms with van der Waals surface area (Å²) < 4.78 is 5.54. The van der Waals surface area contributed by atoms with Crippen molar-refractivity contribution in [1.82, 2.24) is 0 Å². The molecule has 2 nitrogen and oxygen atoms in total. The molecule has 0 saturated heterocycles. The smallest absolute Gasteiger partial charge is 0.173 e. The maximum Gasteiger partial charge on any atom is 0.173 e. The Hall–Kier alpha value is 0.137. The zero-order valence-electron chi connectivity index (χ0n) is 8.35. The van der Waals surface area contributed by atoms with Gasteiger partial charge in [0, 0.05) is 0 Å². The molecule has 3 heteroatoms. The Morgan fingerprint density at radius 3 is 2.09 bits per heavy atom. The normalized spacial score (nSPS) is 15.5. The minimum Gasteiger partial charge on any atom is -0.406 e. The molecule has 0 amide bonds. The predicted molar refractivity (Wildman–Crippen MR) is 52.0 cm³/mol. The van der Waals surface area contributed by atoms with Gasteiger partial charge in [-0.2, -0.15) is 0 Å². The van der Waals surface area contributed by atoms with Crippen LogP contribution < -0.4 is 5.73 Å². The first kappa shape index (κ1) is 11.1. The van der Waals surface area contributed by atoms with Crippen molar-refractivity contribution in [3.05, 3.63) is 0 Å². The minimum absolute atomic E-state index is 0.0540. The van der Waals surface area contributed by atoms with Crippen molar-refractivity contribution in [3.63, 3.8) is 0 Å². The third kappa shape index (κ3) is 8.04. The number of hydrogen-bond acceptors (Lipinski definition) is 2. The molecule has 0 rings (SSSR count). The van der Waals surface area contributed by atoms with Crippen LogP contribution in [0, 0.1) is 5.41 Å². The summed E-state index contributed by atoms with van der Waals surface area (Å²) in [5, 5.41) is 0. The van der Waals surface area contributed by atoms with Crippen LogP contribution in [0.4, 0.5) is 0 Å². The maximum absolute atomic E-state index is 5.77. The Bertz CT molecular complexity index is 109. The van der Waals surface area contributed by atoms with Crippen LogP contribution in [0.2, 0.25) is 13.1 Å². The molecule has 0 saturated carbocycles. The van der Waals surface area contributed by atoms with Crippen LogP contribution in [0.25, 0.3) is 0 Å². The highest BCUT2D eigenvalue weighted by molar-refractivity contribution is 6.48. The summed E-state index contributed by atoms with van der Waals surface area (Å²) in [4.78, 5) is 0. The highest BCUT2D eigenvalue weighted by atomic mass is 28.3. The summed E-state index contributed by atoms with van der Waals surface area (Å²) in [6, 6.07) is 0. The minimum atomic E-state index is -0.943. The quantitative estimate of drug-likeness (QED) is 0.523. The topological polar surface area (TPSA) is 35.2 Å². The first-order valence-electron chi connectivity index (χ1n) is 4.22. The Morgan fingerprint density at radius 1 is 1.36 bits per heavy atom. The molecule has 68 valence electrons. The lowest BCUT2D eigenvalue weighted by molar-refractivity contribution is 0.151. The molecule has 0 aromatic carbocycles. The Morgan fingerprint density at radius 2 is 1.82 bits per heavy atom. The molecule has 0 aromatic heterocycles. The van der Waals surface area contributed by atoms with E-state index >= 15 is 0 Å². The molecular weight excluding hydrogens is 154 g/mol. The molecule has 0 fully saturated rings. The third-order valence-corrected chi connectivity index (χ3v) is 2.15. The highest BCUT2D eigenvalue weighted by Gasteiger charge is 2.16. The Kier molecular flexibility index (Phi) is 4.29. The van der Waals surface area contributed by atoms with Crippen molar-refractivity contribution in [2.75, 3.05) is 0 Å². The van der Waals surface area contributed by atoms with Gasteiger partial charge in [0.25, 0.3) is 0 Å². The monoisotopic (exact) mass is 175 g/mol. The zero-order valence-corrected chi connectivity index (χ0v) is 9.50. The predicted octanol–water partition coefficient (Wildman–Crippen LogP) is 1.71. The maximum atomic E-state index is 5.77. The molecule has 0 aliphatic carbocycles. The molecule has 0 radical (unpaired) electrons. The van der Waals surface area contributed by atoms with Crippen molar-refractivity contribution in [2.24, 2.45) is 11.1 Å². The average molecular weight is 175 g/mol. The molecule has 0 bridgehead atoms. The number of hydrogen-bond donors (Lipinski definition) is 1. The molecule has 0 aliphatic heterocycles. The van der Waals surface area contributed by atoms with Gasteiger partial charge in [-0.05, 0) is 24.9 Å². The lowest BCUT2D eigenvalue weighted by atomic mass is 9.92. The van der Waals surface area contributed by atoms with Gasteiger partial charge in [-0.15, -0.1) is 0 Å². The van der Waals surface area contributed by atoms with Gasteiger partial charge in [-0.1, -0.05) is 20.8 Å². The standard InChI is InChI=1S/C8H21NOSi/c1-8(2,3)6-7(9)10-11(4)5/h7,11H,6,9H2,1-5H3. The van der Waals surface area contributed by atoms with E-state index in [0.29, 0.717) is 0 Å². The second-order valence-corrected chi connectivity index (χ2v) is 6.86. The van der Waals surface area contributed by atoms with Crippen molar-refractivity contribution in [3.8, 4) is 0 Å². The Labute approximate surface area is 71.8 Å². The van der Waals surface area contributed by atoms with Gasteiger partial charge in [0.05, 0.1) is 6.23 Å². The SMILES string of the molecule is C[SiH](C)OC(N)CC(C)(C)C. The lowest BCUT2D eigenvalue weighted by Gasteiger charge is -2.24. The van der Waals surface area contributed by atoms with Gasteiger partial charge in [-0.25, -0.2) is 0 Å². The van der Waals surface area contributed by atoms with Gasteiger partial charge in [-0.3, -0.25) is 0 Å². The molecule has 0 aliphatic rings. The van der Waals surface area contributed by atoms with E-state index in [1.807, 2.05) is 0 Å². The van der Waals surface area contributed by atoms with Crippen LogP contribution in [0.3, 0.4) is 0 Å². The average Bonchev–Trinajstić information content (AvgIpc) is 1.53. The van der Waals surface area contributed by atoms with Gasteiger partial charge in [0.1, 0.15) is 0 Å². The van der Waals surface area contributed by atoms with E-state index in [4.69, 9.17) is 10.2 Å². The first-order valence-corrected chi connectivity index (χ1v) is 7.00. The third-order valence-electron chi connectivity index (χ3n) is 1.26. The van der Waals surface area contributed by atoms with E-state index in [2.05, 4.69) is 33.9 Å². The van der Waals surface area contributed by atoms with E-state index in [9.17, 15) is 0 Å². The number of rotatable bonds is 3. The fourth-order valence-electron chi connectivity index (χ4n) is 1.00. The van der Waals surface area contributed by atoms with Gasteiger partial charge in [0.15, 0.2) is 9.04 Å². The molecule has 11 heavy (non-hydrogen) atoms. The summed E-state index contributed by atoms with van der Waals surface area (Å²) in [5.74, 6) is 0. The summed E-state index contributed by atoms with van der Waals surface area (Å²) in [6.07, 6.45) is 0.889. The molecule has 1 atom stereocenters. The van der Waals surface area contributed by atoms with Gasteiger partial charge >= 0.3 is 0 Å². The van der Waals surface area contributed by atoms with Crippen molar-refractivity contribution in [1.29, 1.82) is 0 Å². The number of nitrogens with two attached hydrogens (primary N) is 1. The zero-order chi connectivity index (χ0) is 9.07. The van der Waals surface area contributed by atoms with Crippen LogP contribution in [-0.2, 0) is 4.43 Å². The summed E-state index contributed by atoms with van der Waals surface area (Å²) in [7, 11) is -0.943. The molecule has 1 unspecified atom stereocenters. The Balaban J connectivity index is 3.61. The first-order chi connectivity index (χ1) is 4.81. The summed E-state index contributed by atoms with van der Waals surface area (Å²) in [5.41, 5.74) is 6.05. The summed E-state index contributed by atoms with van der Waals surface area (Å²) in [6.45, 7) is 10.8. The second kappa shape index (κ2) is 4.23. The van der Waals surface area contributed by atoms with Gasteiger partial charge in [0.2, 0.25) is 0 Å². The van der Waals surface area contributed by atoms with Crippen molar-refractivity contribution in [2.45, 2.75) is 46.5 Å². The molecule has 0 aromatic rings. The fourth-order valence-corrected chi connectivity index (χ4v) is 1.80. The highest BCUT2D eigenvalue weighted by Crippen LogP contribution is 2.20. The van der Waals surface area contributed by atoms with Crippen LogP contribution in [0.15, 0.2) is 0 Å². The van der Waals surface area contributed by atoms with Crippen LogP contribution in [0.5, 0.6) is 0 Å². The lowest BCUT2D eigenvalue weighted by Crippen LogP contribution is -2.32. The fraction of sp³-hybridized carbons (Fsp3) is 1.00. The second-order valence-electron chi connectivity index (χ2n) is 4.49. The van der Waals surface area contributed by atoms with E-state index in [1.54, 1.807) is 0 Å². The van der Waals surface area contributed by atoms with E-state index in [0.717, 1.165) is 6.42 Å².